The lowest BCUT2D eigenvalue weighted by Gasteiger charge is -2.10. The van der Waals surface area contributed by atoms with Gasteiger partial charge in [0.2, 0.25) is 0 Å². The van der Waals surface area contributed by atoms with Crippen molar-refractivity contribution in [2.45, 2.75) is 18.5 Å². The van der Waals surface area contributed by atoms with Gasteiger partial charge in [0.15, 0.2) is 16.7 Å². The summed E-state index contributed by atoms with van der Waals surface area (Å²) in [5, 5.41) is 17.2. The Morgan fingerprint density at radius 3 is 2.86 bits per heavy atom. The van der Waals surface area contributed by atoms with Crippen molar-refractivity contribution < 1.29 is 19.0 Å². The van der Waals surface area contributed by atoms with Gasteiger partial charge in [0.1, 0.15) is 5.82 Å². The molecule has 112 valence electrons. The van der Waals surface area contributed by atoms with Crippen LogP contribution in [0.25, 0.3) is 5.69 Å². The molecule has 1 aromatic heterocycles. The molecule has 0 aliphatic rings. The molecule has 0 spiro atoms. The number of ether oxygens (including phenoxy) is 1. The summed E-state index contributed by atoms with van der Waals surface area (Å²) in [6.45, 7) is 1.91. The van der Waals surface area contributed by atoms with E-state index in [0.717, 1.165) is 11.8 Å². The van der Waals surface area contributed by atoms with E-state index in [1.165, 1.54) is 19.2 Å². The fraction of sp³-hybridized carbons (Fsp3) is 0.308. The van der Waals surface area contributed by atoms with Gasteiger partial charge in [-0.3, -0.25) is 9.36 Å². The number of aryl methyl sites for hydroxylation is 1. The summed E-state index contributed by atoms with van der Waals surface area (Å²) in [5.41, 5.74) is 0.628. The predicted molar refractivity (Wildman–Crippen MR) is 75.6 cm³/mol. The molecule has 0 saturated carbocycles. The van der Waals surface area contributed by atoms with Crippen LogP contribution in [0.15, 0.2) is 23.4 Å². The molecular weight excluding hydrogens is 297 g/mol. The molecule has 1 N–H and O–H groups in total. The number of halogens is 1. The van der Waals surface area contributed by atoms with Crippen molar-refractivity contribution in [1.82, 2.24) is 14.8 Å². The molecule has 6 nitrogen and oxygen atoms in total. The Kier molecular flexibility index (Phi) is 4.79. The van der Waals surface area contributed by atoms with Crippen molar-refractivity contribution in [2.75, 3.05) is 12.9 Å². The van der Waals surface area contributed by atoms with Crippen molar-refractivity contribution in [1.29, 1.82) is 0 Å². The molecular formula is C13H14FN3O3S. The van der Waals surface area contributed by atoms with Crippen LogP contribution in [0.2, 0.25) is 0 Å². The lowest BCUT2D eigenvalue weighted by Crippen LogP contribution is -2.05. The summed E-state index contributed by atoms with van der Waals surface area (Å²) >= 11 is 1.06. The normalized spacial score (nSPS) is 10.6. The van der Waals surface area contributed by atoms with E-state index in [1.54, 1.807) is 10.6 Å². The van der Waals surface area contributed by atoms with Crippen molar-refractivity contribution in [3.63, 3.8) is 0 Å². The number of hydrogen-bond acceptors (Lipinski definition) is 5. The standard InChI is InChI=1S/C13H14FN3O3S/c1-3-11-15-16-13(21-7-12(18)19)17(11)8-4-5-9(14)10(6-8)20-2/h4-6H,3,7H2,1-2H3,(H,18,19). The van der Waals surface area contributed by atoms with Crippen molar-refractivity contribution in [3.8, 4) is 11.4 Å². The van der Waals surface area contributed by atoms with Gasteiger partial charge < -0.3 is 9.84 Å². The zero-order chi connectivity index (χ0) is 15.4. The molecule has 0 radical (unpaired) electrons. The first-order valence-electron chi connectivity index (χ1n) is 6.19. The lowest BCUT2D eigenvalue weighted by molar-refractivity contribution is -0.133. The van der Waals surface area contributed by atoms with Crippen LogP contribution in [0.1, 0.15) is 12.7 Å². The Labute approximate surface area is 124 Å². The number of hydrogen-bond donors (Lipinski definition) is 1. The number of aromatic nitrogens is 3. The Hall–Kier alpha value is -2.09. The number of methoxy groups -OCH3 is 1. The quantitative estimate of drug-likeness (QED) is 0.824. The van der Waals surface area contributed by atoms with Crippen LogP contribution in [0.3, 0.4) is 0 Å². The molecule has 21 heavy (non-hydrogen) atoms. The largest absolute Gasteiger partial charge is 0.494 e. The van der Waals surface area contributed by atoms with Crippen LogP contribution in [0.4, 0.5) is 4.39 Å². The van der Waals surface area contributed by atoms with Crippen LogP contribution in [-0.4, -0.2) is 38.7 Å². The third kappa shape index (κ3) is 3.33. The first kappa shape index (κ1) is 15.3. The van der Waals surface area contributed by atoms with Crippen molar-refractivity contribution in [3.05, 3.63) is 29.8 Å². The lowest BCUT2D eigenvalue weighted by atomic mass is 10.2. The molecule has 0 atom stereocenters. The molecule has 0 fully saturated rings. The SMILES string of the molecule is CCc1nnc(SCC(=O)O)n1-c1ccc(F)c(OC)c1. The Morgan fingerprint density at radius 1 is 1.48 bits per heavy atom. The minimum atomic E-state index is -0.940. The summed E-state index contributed by atoms with van der Waals surface area (Å²) < 4.78 is 20.2. The van der Waals surface area contributed by atoms with Crippen LogP contribution in [0.5, 0.6) is 5.75 Å². The molecule has 0 unspecified atom stereocenters. The van der Waals surface area contributed by atoms with Gasteiger partial charge in [-0.1, -0.05) is 18.7 Å². The minimum Gasteiger partial charge on any atom is -0.494 e. The van der Waals surface area contributed by atoms with E-state index < -0.39 is 11.8 Å². The number of thioether (sulfide) groups is 1. The first-order valence-corrected chi connectivity index (χ1v) is 7.18. The predicted octanol–water partition coefficient (Wildman–Crippen LogP) is 2.15. The molecule has 0 saturated heterocycles. The average molecular weight is 311 g/mol. The smallest absolute Gasteiger partial charge is 0.313 e. The van der Waals surface area contributed by atoms with Crippen LogP contribution in [-0.2, 0) is 11.2 Å². The van der Waals surface area contributed by atoms with Gasteiger partial charge in [-0.15, -0.1) is 10.2 Å². The first-order chi connectivity index (χ1) is 10.1. The Bertz CT molecular complexity index is 660. The van der Waals surface area contributed by atoms with Crippen LogP contribution >= 0.6 is 11.8 Å². The third-order valence-electron chi connectivity index (χ3n) is 2.73. The summed E-state index contributed by atoms with van der Waals surface area (Å²) in [7, 11) is 1.38. The average Bonchev–Trinajstić information content (AvgIpc) is 2.88. The summed E-state index contributed by atoms with van der Waals surface area (Å²) in [6, 6.07) is 4.40. The highest BCUT2D eigenvalue weighted by molar-refractivity contribution is 7.99. The number of nitrogens with zero attached hydrogens (tertiary/aromatic N) is 3. The minimum absolute atomic E-state index is 0.109. The second kappa shape index (κ2) is 6.57. The van der Waals surface area contributed by atoms with E-state index in [-0.39, 0.29) is 11.5 Å². The van der Waals surface area contributed by atoms with Crippen LogP contribution < -0.4 is 4.74 Å². The summed E-state index contributed by atoms with van der Waals surface area (Å²) in [4.78, 5) is 10.7. The maximum atomic E-state index is 13.5. The number of carbonyl (C=O) groups is 1. The van der Waals surface area contributed by atoms with Gasteiger partial charge in [-0.25, -0.2) is 4.39 Å². The molecule has 1 heterocycles. The Balaban J connectivity index is 2.45. The second-order valence-corrected chi connectivity index (χ2v) is 5.03. The summed E-state index contributed by atoms with van der Waals surface area (Å²) in [6.07, 6.45) is 0.611. The topological polar surface area (TPSA) is 77.2 Å². The molecule has 8 heteroatoms. The third-order valence-corrected chi connectivity index (χ3v) is 3.65. The Morgan fingerprint density at radius 2 is 2.24 bits per heavy atom. The second-order valence-electron chi connectivity index (χ2n) is 4.09. The van der Waals surface area contributed by atoms with Crippen molar-refractivity contribution >= 4 is 17.7 Å². The number of benzene rings is 1. The van der Waals surface area contributed by atoms with E-state index in [4.69, 9.17) is 9.84 Å². The molecule has 2 rings (SSSR count). The fourth-order valence-electron chi connectivity index (χ4n) is 1.80. The maximum absolute atomic E-state index is 13.5. The highest BCUT2D eigenvalue weighted by Gasteiger charge is 2.16. The highest BCUT2D eigenvalue weighted by atomic mass is 32.2. The van der Waals surface area contributed by atoms with Crippen molar-refractivity contribution in [2.24, 2.45) is 0 Å². The molecule has 2 aromatic rings. The van der Waals surface area contributed by atoms with Gasteiger partial charge >= 0.3 is 5.97 Å². The highest BCUT2D eigenvalue weighted by Crippen LogP contribution is 2.26. The van der Waals surface area contributed by atoms with E-state index in [2.05, 4.69) is 10.2 Å². The fourth-order valence-corrected chi connectivity index (χ4v) is 2.49. The van der Waals surface area contributed by atoms with Gasteiger partial charge in [-0.2, -0.15) is 0 Å². The van der Waals surface area contributed by atoms with E-state index >= 15 is 0 Å². The van der Waals surface area contributed by atoms with E-state index in [9.17, 15) is 9.18 Å². The molecule has 1 aromatic carbocycles. The molecule has 0 bridgehead atoms. The van der Waals surface area contributed by atoms with Gasteiger partial charge in [0.25, 0.3) is 0 Å². The molecule has 0 aliphatic heterocycles. The summed E-state index contributed by atoms with van der Waals surface area (Å²) in [5.74, 6) is -0.759. The van der Waals surface area contributed by atoms with Gasteiger partial charge in [-0.05, 0) is 12.1 Å². The van der Waals surface area contributed by atoms with E-state index in [1.807, 2.05) is 6.92 Å². The van der Waals surface area contributed by atoms with Crippen LogP contribution in [0, 0.1) is 5.82 Å². The van der Waals surface area contributed by atoms with E-state index in [0.29, 0.717) is 23.1 Å². The number of aliphatic carboxylic acids is 1. The zero-order valence-electron chi connectivity index (χ0n) is 11.5. The number of carboxylic acids is 1. The zero-order valence-corrected chi connectivity index (χ0v) is 12.4. The maximum Gasteiger partial charge on any atom is 0.313 e. The number of carboxylic acid groups (broad SMARTS) is 1. The van der Waals surface area contributed by atoms with Gasteiger partial charge in [0.05, 0.1) is 18.6 Å². The number of rotatable bonds is 6. The van der Waals surface area contributed by atoms with Gasteiger partial charge in [0, 0.05) is 12.5 Å². The monoisotopic (exact) mass is 311 g/mol. The molecule has 0 aliphatic carbocycles. The molecule has 0 amide bonds.